The molecule has 0 radical (unpaired) electrons. The molecule has 0 N–H and O–H groups in total. The maximum Gasteiger partial charge on any atom is 0.414 e. The molecule has 1 fully saturated rings. The van der Waals surface area contributed by atoms with Crippen molar-refractivity contribution in [2.24, 2.45) is 0 Å². The van der Waals surface area contributed by atoms with Crippen LogP contribution in [0.5, 0.6) is 5.75 Å². The van der Waals surface area contributed by atoms with Crippen LogP contribution in [0.2, 0.25) is 0 Å². The number of amides is 1. The highest BCUT2D eigenvalue weighted by Gasteiger charge is 2.23. The molecule has 1 aliphatic rings. The summed E-state index contributed by atoms with van der Waals surface area (Å²) >= 11 is 0. The molecule has 1 saturated heterocycles. The van der Waals surface area contributed by atoms with Crippen LogP contribution in [0.3, 0.4) is 0 Å². The van der Waals surface area contributed by atoms with Gasteiger partial charge >= 0.3 is 6.09 Å². The molecule has 0 aliphatic carbocycles. The third kappa shape index (κ3) is 5.22. The van der Waals surface area contributed by atoms with Crippen molar-refractivity contribution in [3.8, 4) is 5.75 Å². The van der Waals surface area contributed by atoms with Crippen molar-refractivity contribution in [1.82, 2.24) is 0 Å². The lowest BCUT2D eigenvalue weighted by Gasteiger charge is -2.13. The van der Waals surface area contributed by atoms with Crippen molar-refractivity contribution in [3.63, 3.8) is 0 Å². The molecule has 1 aliphatic heterocycles. The maximum atomic E-state index is 12.5. The zero-order chi connectivity index (χ0) is 19.8. The Hall–Kier alpha value is -3.08. The van der Waals surface area contributed by atoms with Crippen LogP contribution in [-0.2, 0) is 4.74 Å². The normalized spacial score (nSPS) is 13.8. The van der Waals surface area contributed by atoms with E-state index in [0.29, 0.717) is 24.4 Å². The van der Waals surface area contributed by atoms with E-state index in [1.807, 2.05) is 24.3 Å². The summed E-state index contributed by atoms with van der Waals surface area (Å²) in [7, 11) is 0. The van der Waals surface area contributed by atoms with Crippen molar-refractivity contribution in [3.05, 3.63) is 65.7 Å². The van der Waals surface area contributed by atoms with Gasteiger partial charge in [-0.15, -0.1) is 0 Å². The second-order valence-corrected chi connectivity index (χ2v) is 6.64. The van der Waals surface area contributed by atoms with Crippen molar-refractivity contribution in [1.29, 1.82) is 0 Å². The van der Waals surface area contributed by atoms with Gasteiger partial charge in [-0.05, 0) is 42.3 Å². The number of hydrogen-bond acceptors (Lipinski definition) is 4. The predicted octanol–water partition coefficient (Wildman–Crippen LogP) is 5.11. The van der Waals surface area contributed by atoms with Gasteiger partial charge in [-0.25, -0.2) is 4.79 Å². The zero-order valence-corrected chi connectivity index (χ0v) is 16.1. The first-order valence-electron chi connectivity index (χ1n) is 9.67. The van der Waals surface area contributed by atoms with Crippen LogP contribution in [-0.4, -0.2) is 31.6 Å². The van der Waals surface area contributed by atoms with Gasteiger partial charge in [0, 0.05) is 11.3 Å². The molecule has 0 aromatic heterocycles. The Morgan fingerprint density at radius 3 is 2.71 bits per heavy atom. The Morgan fingerprint density at radius 2 is 2.00 bits per heavy atom. The van der Waals surface area contributed by atoms with Crippen LogP contribution in [0.25, 0.3) is 6.08 Å². The highest BCUT2D eigenvalue weighted by atomic mass is 16.6. The molecular weight excluding hydrogens is 354 g/mol. The Labute approximate surface area is 165 Å². The van der Waals surface area contributed by atoms with Gasteiger partial charge in [-0.1, -0.05) is 50.1 Å². The summed E-state index contributed by atoms with van der Waals surface area (Å²) in [5.41, 5.74) is 2.13. The summed E-state index contributed by atoms with van der Waals surface area (Å²) < 4.78 is 10.6. The predicted molar refractivity (Wildman–Crippen MR) is 110 cm³/mol. The monoisotopic (exact) mass is 379 g/mol. The topological polar surface area (TPSA) is 55.8 Å². The number of nitrogens with zero attached hydrogens (tertiary/aromatic N) is 1. The second kappa shape index (κ2) is 9.74. The Balaban J connectivity index is 1.59. The van der Waals surface area contributed by atoms with Gasteiger partial charge in [0.05, 0.1) is 13.2 Å². The smallest absolute Gasteiger partial charge is 0.414 e. The van der Waals surface area contributed by atoms with E-state index >= 15 is 0 Å². The fourth-order valence-electron chi connectivity index (χ4n) is 2.94. The fraction of sp³-hybridized carbons (Fsp3) is 0.304. The van der Waals surface area contributed by atoms with E-state index in [0.717, 1.165) is 24.3 Å². The minimum absolute atomic E-state index is 0.116. The molecule has 1 amide bonds. The molecule has 2 aromatic rings. The number of carbonyl (C=O) groups excluding carboxylic acids is 2. The number of anilines is 1. The van der Waals surface area contributed by atoms with E-state index in [1.165, 1.54) is 17.7 Å². The molecule has 0 saturated carbocycles. The van der Waals surface area contributed by atoms with Gasteiger partial charge in [-0.3, -0.25) is 9.69 Å². The number of unbranched alkanes of at least 4 members (excludes halogenated alkanes) is 2. The lowest BCUT2D eigenvalue weighted by atomic mass is 10.1. The third-order valence-electron chi connectivity index (χ3n) is 4.53. The van der Waals surface area contributed by atoms with Gasteiger partial charge in [-0.2, -0.15) is 0 Å². The summed E-state index contributed by atoms with van der Waals surface area (Å²) in [6.07, 6.45) is 6.34. The molecule has 0 unspecified atom stereocenters. The first-order chi connectivity index (χ1) is 13.7. The largest absolute Gasteiger partial charge is 0.494 e. The molecule has 0 spiro atoms. The lowest BCUT2D eigenvalue weighted by Crippen LogP contribution is -2.23. The molecular formula is C23H25NO4. The van der Waals surface area contributed by atoms with Crippen LogP contribution < -0.4 is 9.64 Å². The first-order valence-corrected chi connectivity index (χ1v) is 9.67. The number of hydrogen-bond donors (Lipinski definition) is 0. The molecule has 146 valence electrons. The van der Waals surface area contributed by atoms with E-state index in [1.54, 1.807) is 36.4 Å². The van der Waals surface area contributed by atoms with E-state index in [4.69, 9.17) is 9.47 Å². The first kappa shape index (κ1) is 19.7. The molecule has 5 heteroatoms. The summed E-state index contributed by atoms with van der Waals surface area (Å²) in [6.45, 7) is 3.76. The van der Waals surface area contributed by atoms with E-state index in [-0.39, 0.29) is 11.9 Å². The Bertz CT molecular complexity index is 842. The number of ether oxygens (including phenoxy) is 2. The Morgan fingerprint density at radius 1 is 1.18 bits per heavy atom. The van der Waals surface area contributed by atoms with E-state index < -0.39 is 0 Å². The number of rotatable bonds is 9. The van der Waals surface area contributed by atoms with Crippen LogP contribution in [0, 0.1) is 0 Å². The SMILES string of the molecule is CCCCCOc1ccc(/C=C/C(=O)c2cccc(N3CCOC3=O)c2)cc1. The molecule has 5 nitrogen and oxygen atoms in total. The van der Waals surface area contributed by atoms with Crippen LogP contribution >= 0.6 is 0 Å². The third-order valence-corrected chi connectivity index (χ3v) is 4.53. The summed E-state index contributed by atoms with van der Waals surface area (Å²) in [5.74, 6) is 0.721. The number of benzene rings is 2. The standard InChI is InChI=1S/C23H25NO4/c1-2-3-4-15-27-21-11-8-18(9-12-21)10-13-22(25)19-6-5-7-20(17-19)24-14-16-28-23(24)26/h5-13,17H,2-4,14-16H2,1H3/b13-10+. The zero-order valence-electron chi connectivity index (χ0n) is 16.1. The minimum atomic E-state index is -0.378. The number of cyclic esters (lactones) is 1. The summed E-state index contributed by atoms with van der Waals surface area (Å²) in [4.78, 5) is 25.7. The Kier molecular flexibility index (Phi) is 6.84. The van der Waals surface area contributed by atoms with E-state index in [2.05, 4.69) is 6.92 Å². The van der Waals surface area contributed by atoms with E-state index in [9.17, 15) is 9.59 Å². The molecule has 3 rings (SSSR count). The highest BCUT2D eigenvalue weighted by Crippen LogP contribution is 2.21. The summed E-state index contributed by atoms with van der Waals surface area (Å²) in [5, 5.41) is 0. The molecule has 1 heterocycles. The van der Waals surface area contributed by atoms with Crippen molar-refractivity contribution in [2.75, 3.05) is 24.7 Å². The van der Waals surface area contributed by atoms with Crippen molar-refractivity contribution >= 4 is 23.6 Å². The van der Waals surface area contributed by atoms with Gasteiger partial charge in [0.1, 0.15) is 12.4 Å². The van der Waals surface area contributed by atoms with Gasteiger partial charge < -0.3 is 9.47 Å². The van der Waals surface area contributed by atoms with Crippen molar-refractivity contribution in [2.45, 2.75) is 26.2 Å². The van der Waals surface area contributed by atoms with Gasteiger partial charge in [0.25, 0.3) is 0 Å². The van der Waals surface area contributed by atoms with Gasteiger partial charge in [0.15, 0.2) is 5.78 Å². The minimum Gasteiger partial charge on any atom is -0.494 e. The maximum absolute atomic E-state index is 12.5. The summed E-state index contributed by atoms with van der Waals surface area (Å²) in [6, 6.07) is 14.7. The van der Waals surface area contributed by atoms with Gasteiger partial charge in [0.2, 0.25) is 0 Å². The van der Waals surface area contributed by atoms with Crippen molar-refractivity contribution < 1.29 is 19.1 Å². The number of allylic oxidation sites excluding steroid dienone is 1. The molecule has 0 atom stereocenters. The second-order valence-electron chi connectivity index (χ2n) is 6.64. The molecule has 0 bridgehead atoms. The quantitative estimate of drug-likeness (QED) is 0.345. The molecule has 2 aromatic carbocycles. The number of carbonyl (C=O) groups is 2. The average Bonchev–Trinajstić information content (AvgIpc) is 3.16. The van der Waals surface area contributed by atoms with Crippen LogP contribution in [0.15, 0.2) is 54.6 Å². The molecule has 28 heavy (non-hydrogen) atoms. The van der Waals surface area contributed by atoms with Crippen LogP contribution in [0.4, 0.5) is 10.5 Å². The fourth-order valence-corrected chi connectivity index (χ4v) is 2.94. The highest BCUT2D eigenvalue weighted by molar-refractivity contribution is 6.07. The van der Waals surface area contributed by atoms with Crippen LogP contribution in [0.1, 0.15) is 42.1 Å². The average molecular weight is 379 g/mol. The number of ketones is 1. The lowest BCUT2D eigenvalue weighted by molar-refractivity contribution is 0.104.